The second-order valence-electron chi connectivity index (χ2n) is 5.65. The molecule has 3 rings (SSSR count). The molecule has 0 aliphatic heterocycles. The minimum atomic E-state index is -1.09. The van der Waals surface area contributed by atoms with E-state index in [4.69, 9.17) is 0 Å². The molecule has 0 bridgehead atoms. The van der Waals surface area contributed by atoms with Crippen molar-refractivity contribution in [2.24, 2.45) is 0 Å². The fourth-order valence-corrected chi connectivity index (χ4v) is 2.59. The predicted molar refractivity (Wildman–Crippen MR) is 91.2 cm³/mol. The number of amides is 1. The summed E-state index contributed by atoms with van der Waals surface area (Å²) in [5.41, 5.74) is 2.12. The van der Waals surface area contributed by atoms with Gasteiger partial charge in [0.2, 0.25) is 0 Å². The second kappa shape index (κ2) is 7.48. The van der Waals surface area contributed by atoms with Crippen LogP contribution in [0.25, 0.3) is 0 Å². The molecular formula is C18H18N4O3. The largest absolute Gasteiger partial charge is 0.480 e. The number of hydrogen-bond donors (Lipinski definition) is 3. The van der Waals surface area contributed by atoms with Crippen molar-refractivity contribution in [3.8, 4) is 0 Å². The molecule has 0 fully saturated rings. The van der Waals surface area contributed by atoms with Crippen molar-refractivity contribution in [1.82, 2.24) is 19.9 Å². The maximum absolute atomic E-state index is 12.5. The summed E-state index contributed by atoms with van der Waals surface area (Å²) in [6, 6.07) is 12.1. The van der Waals surface area contributed by atoms with E-state index < -0.39 is 17.9 Å². The summed E-state index contributed by atoms with van der Waals surface area (Å²) in [5.74, 6) is -1.52. The van der Waals surface area contributed by atoms with Gasteiger partial charge in [-0.15, -0.1) is 0 Å². The van der Waals surface area contributed by atoms with Gasteiger partial charge in [0, 0.05) is 31.1 Å². The van der Waals surface area contributed by atoms with E-state index in [2.05, 4.69) is 15.3 Å². The number of rotatable bonds is 7. The third kappa shape index (κ3) is 4.14. The third-order valence-corrected chi connectivity index (χ3v) is 3.84. The number of nitrogens with zero attached hydrogens (tertiary/aromatic N) is 2. The van der Waals surface area contributed by atoms with E-state index in [1.807, 2.05) is 30.3 Å². The van der Waals surface area contributed by atoms with E-state index >= 15 is 0 Å². The molecule has 1 aromatic carbocycles. The monoisotopic (exact) mass is 338 g/mol. The van der Waals surface area contributed by atoms with E-state index in [1.165, 1.54) is 6.33 Å². The average molecular weight is 338 g/mol. The van der Waals surface area contributed by atoms with Crippen molar-refractivity contribution in [2.45, 2.75) is 19.0 Å². The zero-order valence-corrected chi connectivity index (χ0v) is 13.4. The van der Waals surface area contributed by atoms with E-state index in [0.29, 0.717) is 17.9 Å². The lowest BCUT2D eigenvalue weighted by molar-refractivity contribution is -0.139. The summed E-state index contributed by atoms with van der Waals surface area (Å²) < 4.78 is 1.79. The lowest BCUT2D eigenvalue weighted by Crippen LogP contribution is -2.43. The maximum Gasteiger partial charge on any atom is 0.326 e. The summed E-state index contributed by atoms with van der Waals surface area (Å²) in [4.78, 5) is 30.7. The lowest BCUT2D eigenvalue weighted by atomic mass is 10.1. The van der Waals surface area contributed by atoms with Crippen LogP contribution in [0.1, 0.15) is 21.7 Å². The molecule has 2 heterocycles. The zero-order chi connectivity index (χ0) is 17.6. The Morgan fingerprint density at radius 2 is 2.00 bits per heavy atom. The highest BCUT2D eigenvalue weighted by Crippen LogP contribution is 2.09. The Hall–Kier alpha value is -3.35. The van der Waals surface area contributed by atoms with Crippen molar-refractivity contribution in [3.63, 3.8) is 0 Å². The Morgan fingerprint density at radius 1 is 1.20 bits per heavy atom. The number of hydrogen-bond acceptors (Lipinski definition) is 3. The maximum atomic E-state index is 12.5. The molecule has 0 saturated carbocycles. The molecular weight excluding hydrogens is 320 g/mol. The van der Waals surface area contributed by atoms with Gasteiger partial charge in [0.05, 0.1) is 6.33 Å². The molecule has 3 N–H and O–H groups in total. The van der Waals surface area contributed by atoms with Crippen LogP contribution in [0, 0.1) is 0 Å². The Bertz CT molecular complexity index is 840. The number of H-pyrrole nitrogens is 1. The average Bonchev–Trinajstić information content (AvgIpc) is 3.27. The van der Waals surface area contributed by atoms with Crippen molar-refractivity contribution in [2.75, 3.05) is 0 Å². The number of carbonyl (C=O) groups is 2. The van der Waals surface area contributed by atoms with Crippen molar-refractivity contribution in [3.05, 3.63) is 78.1 Å². The third-order valence-electron chi connectivity index (χ3n) is 3.84. The number of nitrogens with one attached hydrogen (secondary N) is 2. The number of aromatic amines is 1. The minimum absolute atomic E-state index is 0.139. The number of aliphatic carboxylic acids is 1. The minimum Gasteiger partial charge on any atom is -0.480 e. The first-order chi connectivity index (χ1) is 12.1. The van der Waals surface area contributed by atoms with Crippen LogP contribution in [-0.2, 0) is 17.8 Å². The first kappa shape index (κ1) is 16.5. The summed E-state index contributed by atoms with van der Waals surface area (Å²) in [5, 5.41) is 11.9. The topological polar surface area (TPSA) is 100 Å². The number of carboxylic acid groups (broad SMARTS) is 1. The zero-order valence-electron chi connectivity index (χ0n) is 13.4. The Balaban J connectivity index is 1.72. The molecule has 1 amide bonds. The molecule has 1 unspecified atom stereocenters. The molecule has 2 aromatic heterocycles. The number of carbonyl (C=O) groups excluding carboxylic acids is 1. The molecule has 0 spiro atoms. The van der Waals surface area contributed by atoms with E-state index in [9.17, 15) is 14.7 Å². The SMILES string of the molecule is O=C(NC(Cc1cnc[nH]1)C(=O)O)c1cccn1Cc1ccccc1. The summed E-state index contributed by atoms with van der Waals surface area (Å²) in [6.45, 7) is 0.537. The van der Waals surface area contributed by atoms with Gasteiger partial charge in [0.25, 0.3) is 5.91 Å². The van der Waals surface area contributed by atoms with Gasteiger partial charge in [-0.25, -0.2) is 9.78 Å². The smallest absolute Gasteiger partial charge is 0.326 e. The molecule has 0 radical (unpaired) electrons. The Morgan fingerprint density at radius 3 is 2.68 bits per heavy atom. The lowest BCUT2D eigenvalue weighted by Gasteiger charge is -2.15. The van der Waals surface area contributed by atoms with Crippen molar-refractivity contribution >= 4 is 11.9 Å². The van der Waals surface area contributed by atoms with Gasteiger partial charge >= 0.3 is 5.97 Å². The normalized spacial score (nSPS) is 11.8. The summed E-state index contributed by atoms with van der Waals surface area (Å²) in [6.07, 6.45) is 4.95. The number of aromatic nitrogens is 3. The van der Waals surface area contributed by atoms with E-state index in [1.54, 1.807) is 29.1 Å². The standard InChI is InChI=1S/C18H18N4O3/c23-17(21-15(18(24)25)9-14-10-19-12-20-14)16-7-4-8-22(16)11-13-5-2-1-3-6-13/h1-8,10,12,15H,9,11H2,(H,19,20)(H,21,23)(H,24,25). The van der Waals surface area contributed by atoms with Crippen molar-refractivity contribution in [1.29, 1.82) is 0 Å². The Labute approximate surface area is 144 Å². The highest BCUT2D eigenvalue weighted by Gasteiger charge is 2.23. The highest BCUT2D eigenvalue weighted by molar-refractivity contribution is 5.95. The molecule has 3 aromatic rings. The van der Waals surface area contributed by atoms with Crippen LogP contribution in [0.3, 0.4) is 0 Å². The summed E-state index contributed by atoms with van der Waals surface area (Å²) in [7, 11) is 0. The van der Waals surface area contributed by atoms with Crippen LogP contribution in [-0.4, -0.2) is 37.6 Å². The second-order valence-corrected chi connectivity index (χ2v) is 5.65. The molecule has 0 aliphatic carbocycles. The molecule has 128 valence electrons. The fraction of sp³-hybridized carbons (Fsp3) is 0.167. The predicted octanol–water partition coefficient (Wildman–Crippen LogP) is 1.69. The first-order valence-corrected chi connectivity index (χ1v) is 7.83. The molecule has 1 atom stereocenters. The van der Waals surface area contributed by atoms with Gasteiger partial charge in [-0.1, -0.05) is 30.3 Å². The fourth-order valence-electron chi connectivity index (χ4n) is 2.59. The van der Waals surface area contributed by atoms with Gasteiger partial charge in [0.1, 0.15) is 11.7 Å². The van der Waals surface area contributed by atoms with Crippen LogP contribution < -0.4 is 5.32 Å². The quantitative estimate of drug-likeness (QED) is 0.610. The number of imidazole rings is 1. The van der Waals surface area contributed by atoms with E-state index in [-0.39, 0.29) is 6.42 Å². The van der Waals surface area contributed by atoms with Crippen LogP contribution in [0.2, 0.25) is 0 Å². The van der Waals surface area contributed by atoms with Crippen molar-refractivity contribution < 1.29 is 14.7 Å². The van der Waals surface area contributed by atoms with Gasteiger partial charge < -0.3 is 20.0 Å². The van der Waals surface area contributed by atoms with E-state index in [0.717, 1.165) is 5.56 Å². The Kier molecular flexibility index (Phi) is 4.94. The molecule has 0 saturated heterocycles. The number of carboxylic acids is 1. The molecule has 7 nitrogen and oxygen atoms in total. The van der Waals surface area contributed by atoms with Gasteiger partial charge in [-0.3, -0.25) is 4.79 Å². The highest BCUT2D eigenvalue weighted by atomic mass is 16.4. The molecule has 25 heavy (non-hydrogen) atoms. The van der Waals surface area contributed by atoms with Crippen LogP contribution >= 0.6 is 0 Å². The summed E-state index contributed by atoms with van der Waals surface area (Å²) >= 11 is 0. The molecule has 7 heteroatoms. The van der Waals surface area contributed by atoms with Gasteiger partial charge in [0.15, 0.2) is 0 Å². The van der Waals surface area contributed by atoms with Gasteiger partial charge in [-0.2, -0.15) is 0 Å². The first-order valence-electron chi connectivity index (χ1n) is 7.83. The van der Waals surface area contributed by atoms with Crippen LogP contribution in [0.5, 0.6) is 0 Å². The molecule has 0 aliphatic rings. The van der Waals surface area contributed by atoms with Gasteiger partial charge in [-0.05, 0) is 17.7 Å². The van der Waals surface area contributed by atoms with Crippen LogP contribution in [0.4, 0.5) is 0 Å². The number of benzene rings is 1. The van der Waals surface area contributed by atoms with Crippen LogP contribution in [0.15, 0.2) is 61.2 Å².